The summed E-state index contributed by atoms with van der Waals surface area (Å²) in [6.45, 7) is 8.06. The predicted molar refractivity (Wildman–Crippen MR) is 61.0 cm³/mol. The van der Waals surface area contributed by atoms with Crippen molar-refractivity contribution >= 4 is 6.21 Å². The molecule has 0 saturated carbocycles. The van der Waals surface area contributed by atoms with Crippen molar-refractivity contribution in [3.05, 3.63) is 23.7 Å². The van der Waals surface area contributed by atoms with Crippen molar-refractivity contribution in [1.29, 1.82) is 0 Å². The second-order valence-corrected chi connectivity index (χ2v) is 3.26. The summed E-state index contributed by atoms with van der Waals surface area (Å²) in [7, 11) is 2.11. The standard InChI is InChI=1S/C9H13N3.C2H6/c1-8-3-5-10-9-4-6-11(2)7-12(8)9;1-2/h3-5H,6-7H2,1-2H3;1-2H3. The number of hydrogen-bond acceptors (Lipinski definition) is 3. The highest BCUT2D eigenvalue weighted by atomic mass is 15.4. The van der Waals surface area contributed by atoms with E-state index in [4.69, 9.17) is 0 Å². The van der Waals surface area contributed by atoms with Crippen LogP contribution >= 0.6 is 0 Å². The van der Waals surface area contributed by atoms with Gasteiger partial charge in [0.1, 0.15) is 5.82 Å². The average Bonchev–Trinajstić information content (AvgIpc) is 2.22. The molecule has 0 radical (unpaired) electrons. The zero-order valence-electron chi connectivity index (χ0n) is 9.49. The Bertz CT molecular complexity index is 276. The smallest absolute Gasteiger partial charge is 0.130 e. The van der Waals surface area contributed by atoms with Crippen molar-refractivity contribution in [1.82, 2.24) is 9.80 Å². The van der Waals surface area contributed by atoms with Gasteiger partial charge in [0.15, 0.2) is 0 Å². The van der Waals surface area contributed by atoms with Gasteiger partial charge in [0.25, 0.3) is 0 Å². The molecule has 0 fully saturated rings. The predicted octanol–water partition coefficient (Wildman–Crippen LogP) is 2.05. The number of aliphatic imine (C=N–C) groups is 1. The van der Waals surface area contributed by atoms with Gasteiger partial charge in [-0.25, -0.2) is 4.99 Å². The SMILES string of the molecule is CC.CC1=CC=NC2=CCN(C)CN12. The summed E-state index contributed by atoms with van der Waals surface area (Å²) >= 11 is 0. The fraction of sp³-hybridized carbons (Fsp3) is 0.545. The minimum Gasteiger partial charge on any atom is -0.317 e. The lowest BCUT2D eigenvalue weighted by atomic mass is 10.3. The van der Waals surface area contributed by atoms with Crippen LogP contribution in [0.4, 0.5) is 0 Å². The molecule has 2 heterocycles. The first-order valence-electron chi connectivity index (χ1n) is 5.14. The molecule has 0 aliphatic carbocycles. The minimum absolute atomic E-state index is 0.950. The first-order valence-corrected chi connectivity index (χ1v) is 5.14. The van der Waals surface area contributed by atoms with Crippen LogP contribution in [0, 0.1) is 0 Å². The van der Waals surface area contributed by atoms with E-state index in [1.165, 1.54) is 5.70 Å². The van der Waals surface area contributed by atoms with Crippen molar-refractivity contribution < 1.29 is 0 Å². The van der Waals surface area contributed by atoms with Crippen molar-refractivity contribution in [2.75, 3.05) is 20.3 Å². The van der Waals surface area contributed by atoms with Crippen molar-refractivity contribution in [2.45, 2.75) is 20.8 Å². The lowest BCUT2D eigenvalue weighted by Gasteiger charge is -2.35. The molecule has 2 aliphatic heterocycles. The first kappa shape index (κ1) is 11.0. The summed E-state index contributed by atoms with van der Waals surface area (Å²) in [6.07, 6.45) is 6.05. The van der Waals surface area contributed by atoms with Gasteiger partial charge in [0, 0.05) is 18.5 Å². The molecular weight excluding hydrogens is 174 g/mol. The highest BCUT2D eigenvalue weighted by Gasteiger charge is 2.18. The van der Waals surface area contributed by atoms with Crippen LogP contribution in [0.25, 0.3) is 0 Å². The van der Waals surface area contributed by atoms with E-state index in [1.54, 1.807) is 0 Å². The number of fused-ring (bicyclic) bond motifs is 1. The summed E-state index contributed by atoms with van der Waals surface area (Å²) in [5.74, 6) is 1.09. The molecule has 0 bridgehead atoms. The van der Waals surface area contributed by atoms with E-state index in [-0.39, 0.29) is 0 Å². The van der Waals surface area contributed by atoms with Crippen LogP contribution in [-0.2, 0) is 0 Å². The molecule has 0 amide bonds. The Morgan fingerprint density at radius 3 is 2.79 bits per heavy atom. The second-order valence-electron chi connectivity index (χ2n) is 3.26. The number of nitrogens with zero attached hydrogens (tertiary/aromatic N) is 3. The normalized spacial score (nSPS) is 20.4. The molecule has 2 rings (SSSR count). The third-order valence-electron chi connectivity index (χ3n) is 2.19. The van der Waals surface area contributed by atoms with Gasteiger partial charge < -0.3 is 4.90 Å². The molecule has 78 valence electrons. The van der Waals surface area contributed by atoms with E-state index in [0.717, 1.165) is 19.0 Å². The lowest BCUT2D eigenvalue weighted by Crippen LogP contribution is -2.38. The van der Waals surface area contributed by atoms with Crippen LogP contribution in [0.1, 0.15) is 20.8 Å². The monoisotopic (exact) mass is 193 g/mol. The van der Waals surface area contributed by atoms with Crippen molar-refractivity contribution in [2.24, 2.45) is 4.99 Å². The largest absolute Gasteiger partial charge is 0.317 e. The Labute approximate surface area is 86.4 Å². The van der Waals surface area contributed by atoms with E-state index in [0.29, 0.717) is 0 Å². The third kappa shape index (κ3) is 2.23. The molecule has 2 aliphatic rings. The number of hydrogen-bond donors (Lipinski definition) is 0. The van der Waals surface area contributed by atoms with Gasteiger partial charge in [-0.2, -0.15) is 0 Å². The molecule has 14 heavy (non-hydrogen) atoms. The second kappa shape index (κ2) is 4.96. The molecule has 0 unspecified atom stereocenters. The van der Waals surface area contributed by atoms with Crippen LogP contribution in [0.3, 0.4) is 0 Å². The number of likely N-dealkylation sites (N-methyl/N-ethyl adjacent to an activating group) is 1. The molecule has 0 aromatic carbocycles. The Balaban J connectivity index is 0.000000461. The van der Waals surface area contributed by atoms with Crippen LogP contribution < -0.4 is 0 Å². The van der Waals surface area contributed by atoms with E-state index < -0.39 is 0 Å². The molecule has 0 saturated heterocycles. The lowest BCUT2D eigenvalue weighted by molar-refractivity contribution is 0.215. The van der Waals surface area contributed by atoms with Gasteiger partial charge in [-0.3, -0.25) is 4.90 Å². The Morgan fingerprint density at radius 1 is 1.36 bits per heavy atom. The number of rotatable bonds is 0. The van der Waals surface area contributed by atoms with Crippen LogP contribution in [0.15, 0.2) is 28.7 Å². The molecule has 0 N–H and O–H groups in total. The molecule has 0 aromatic heterocycles. The third-order valence-corrected chi connectivity index (χ3v) is 2.19. The summed E-state index contributed by atoms with van der Waals surface area (Å²) < 4.78 is 0. The first-order chi connectivity index (χ1) is 6.77. The van der Waals surface area contributed by atoms with Gasteiger partial charge in [-0.1, -0.05) is 13.8 Å². The maximum absolute atomic E-state index is 4.30. The Kier molecular flexibility index (Phi) is 3.89. The highest BCUT2D eigenvalue weighted by Crippen LogP contribution is 2.20. The Hall–Kier alpha value is -1.09. The van der Waals surface area contributed by atoms with Crippen LogP contribution in [0.2, 0.25) is 0 Å². The summed E-state index contributed by atoms with van der Waals surface area (Å²) in [4.78, 5) is 8.76. The van der Waals surface area contributed by atoms with E-state index >= 15 is 0 Å². The highest BCUT2D eigenvalue weighted by molar-refractivity contribution is 5.74. The molecule has 0 aromatic rings. The molecule has 3 heteroatoms. The fourth-order valence-electron chi connectivity index (χ4n) is 1.45. The number of allylic oxidation sites excluding steroid dienone is 2. The van der Waals surface area contributed by atoms with Crippen molar-refractivity contribution in [3.8, 4) is 0 Å². The molecule has 0 spiro atoms. The van der Waals surface area contributed by atoms with Gasteiger partial charge in [0.05, 0.1) is 6.67 Å². The average molecular weight is 193 g/mol. The van der Waals surface area contributed by atoms with Crippen LogP contribution in [0.5, 0.6) is 0 Å². The van der Waals surface area contributed by atoms with Gasteiger partial charge in [0.2, 0.25) is 0 Å². The zero-order chi connectivity index (χ0) is 10.6. The maximum Gasteiger partial charge on any atom is 0.130 e. The van der Waals surface area contributed by atoms with Crippen LogP contribution in [-0.4, -0.2) is 36.3 Å². The summed E-state index contributed by atoms with van der Waals surface area (Å²) in [6, 6.07) is 0. The molecule has 0 atom stereocenters. The van der Waals surface area contributed by atoms with E-state index in [1.807, 2.05) is 26.1 Å². The van der Waals surface area contributed by atoms with E-state index in [9.17, 15) is 0 Å². The van der Waals surface area contributed by atoms with Gasteiger partial charge in [-0.15, -0.1) is 0 Å². The van der Waals surface area contributed by atoms with Gasteiger partial charge >= 0.3 is 0 Å². The maximum atomic E-state index is 4.30. The molecular formula is C11H19N3. The fourth-order valence-corrected chi connectivity index (χ4v) is 1.45. The van der Waals surface area contributed by atoms with Crippen molar-refractivity contribution in [3.63, 3.8) is 0 Å². The Morgan fingerprint density at radius 2 is 2.07 bits per heavy atom. The minimum atomic E-state index is 0.950. The summed E-state index contributed by atoms with van der Waals surface area (Å²) in [5, 5.41) is 0. The van der Waals surface area contributed by atoms with E-state index in [2.05, 4.69) is 34.8 Å². The topological polar surface area (TPSA) is 18.8 Å². The quantitative estimate of drug-likeness (QED) is 0.586. The summed E-state index contributed by atoms with van der Waals surface area (Å²) in [5.41, 5.74) is 1.27. The molecule has 3 nitrogen and oxygen atoms in total. The van der Waals surface area contributed by atoms with Gasteiger partial charge in [-0.05, 0) is 26.1 Å². The zero-order valence-corrected chi connectivity index (χ0v) is 9.49.